The number of aromatic nitrogens is 2. The third kappa shape index (κ3) is 1.88. The summed E-state index contributed by atoms with van der Waals surface area (Å²) in [6.07, 6.45) is 3.71. The van der Waals surface area contributed by atoms with E-state index in [0.29, 0.717) is 0 Å². The van der Waals surface area contributed by atoms with Crippen LogP contribution < -0.4 is 0 Å². The van der Waals surface area contributed by atoms with Crippen LogP contribution in [0, 0.1) is 6.92 Å². The molecule has 0 saturated heterocycles. The van der Waals surface area contributed by atoms with E-state index < -0.39 is 0 Å². The second-order valence-electron chi connectivity index (χ2n) is 5.54. The maximum absolute atomic E-state index is 4.77. The number of halogens is 1. The lowest BCUT2D eigenvalue weighted by molar-refractivity contribution is 0.912. The van der Waals surface area contributed by atoms with E-state index in [1.54, 1.807) is 0 Å². The molecule has 1 aromatic heterocycles. The summed E-state index contributed by atoms with van der Waals surface area (Å²) in [5.41, 5.74) is 7.52. The summed E-state index contributed by atoms with van der Waals surface area (Å²) >= 11 is 3.54. The number of nitrogens with zero attached hydrogens (tertiary/aromatic N) is 1. The highest BCUT2D eigenvalue weighted by atomic mass is 79.9. The van der Waals surface area contributed by atoms with Gasteiger partial charge in [0, 0.05) is 10.0 Å². The van der Waals surface area contributed by atoms with Crippen molar-refractivity contribution in [3.05, 3.63) is 51.5 Å². The summed E-state index contributed by atoms with van der Waals surface area (Å²) in [6, 6.07) is 10.9. The normalized spacial score (nSPS) is 13.9. The second-order valence-corrected chi connectivity index (χ2v) is 6.46. The van der Waals surface area contributed by atoms with Gasteiger partial charge in [0.2, 0.25) is 0 Å². The Kier molecular flexibility index (Phi) is 2.71. The SMILES string of the molecule is Cc1cc(Br)cc2[nH]c(-c3ccc4c(c3)CCC4)nc12. The van der Waals surface area contributed by atoms with Crippen LogP contribution in [0.1, 0.15) is 23.1 Å². The first-order valence-corrected chi connectivity index (χ1v) is 7.78. The van der Waals surface area contributed by atoms with Gasteiger partial charge in [-0.15, -0.1) is 0 Å². The fraction of sp³-hybridized carbons (Fsp3) is 0.235. The number of aromatic amines is 1. The van der Waals surface area contributed by atoms with Crippen LogP contribution in [-0.2, 0) is 12.8 Å². The Morgan fingerprint density at radius 2 is 1.95 bits per heavy atom. The molecule has 20 heavy (non-hydrogen) atoms. The number of imidazole rings is 1. The topological polar surface area (TPSA) is 28.7 Å². The molecule has 3 heteroatoms. The maximum atomic E-state index is 4.77. The van der Waals surface area contributed by atoms with Gasteiger partial charge in [-0.05, 0) is 61.1 Å². The highest BCUT2D eigenvalue weighted by Crippen LogP contribution is 2.29. The summed E-state index contributed by atoms with van der Waals surface area (Å²) in [6.45, 7) is 2.10. The molecule has 0 spiro atoms. The van der Waals surface area contributed by atoms with Crippen molar-refractivity contribution in [3.8, 4) is 11.4 Å². The van der Waals surface area contributed by atoms with Crippen LogP contribution in [0.3, 0.4) is 0 Å². The van der Waals surface area contributed by atoms with Crippen LogP contribution in [0.25, 0.3) is 22.4 Å². The monoisotopic (exact) mass is 326 g/mol. The Balaban J connectivity index is 1.88. The Morgan fingerprint density at radius 1 is 1.10 bits per heavy atom. The zero-order chi connectivity index (χ0) is 13.7. The first-order chi connectivity index (χ1) is 9.70. The smallest absolute Gasteiger partial charge is 0.138 e. The van der Waals surface area contributed by atoms with Crippen LogP contribution in [0.15, 0.2) is 34.8 Å². The van der Waals surface area contributed by atoms with Gasteiger partial charge in [-0.3, -0.25) is 0 Å². The third-order valence-electron chi connectivity index (χ3n) is 4.11. The Morgan fingerprint density at radius 3 is 2.85 bits per heavy atom. The van der Waals surface area contributed by atoms with Crippen LogP contribution in [0.4, 0.5) is 0 Å². The molecular formula is C17H15BrN2. The zero-order valence-corrected chi connectivity index (χ0v) is 12.9. The van der Waals surface area contributed by atoms with E-state index in [1.165, 1.54) is 41.5 Å². The van der Waals surface area contributed by atoms with E-state index in [-0.39, 0.29) is 0 Å². The van der Waals surface area contributed by atoms with Gasteiger partial charge in [-0.1, -0.05) is 28.1 Å². The number of fused-ring (bicyclic) bond motifs is 2. The van der Waals surface area contributed by atoms with Crippen molar-refractivity contribution in [2.24, 2.45) is 0 Å². The van der Waals surface area contributed by atoms with Gasteiger partial charge in [-0.2, -0.15) is 0 Å². The molecule has 2 nitrogen and oxygen atoms in total. The number of benzene rings is 2. The van der Waals surface area contributed by atoms with Crippen molar-refractivity contribution in [3.63, 3.8) is 0 Å². The summed E-state index contributed by atoms with van der Waals surface area (Å²) < 4.78 is 1.09. The molecule has 0 saturated carbocycles. The van der Waals surface area contributed by atoms with Crippen molar-refractivity contribution < 1.29 is 0 Å². The van der Waals surface area contributed by atoms with Crippen LogP contribution in [-0.4, -0.2) is 9.97 Å². The molecular weight excluding hydrogens is 312 g/mol. The largest absolute Gasteiger partial charge is 0.338 e. The molecule has 1 aliphatic rings. The molecule has 0 aliphatic heterocycles. The molecule has 1 N–H and O–H groups in total. The summed E-state index contributed by atoms with van der Waals surface area (Å²) in [5.74, 6) is 0.968. The van der Waals surface area contributed by atoms with Gasteiger partial charge in [0.05, 0.1) is 11.0 Å². The van der Waals surface area contributed by atoms with Crippen LogP contribution in [0.2, 0.25) is 0 Å². The molecule has 0 fully saturated rings. The Hall–Kier alpha value is -1.61. The second kappa shape index (κ2) is 4.45. The summed E-state index contributed by atoms with van der Waals surface area (Å²) in [7, 11) is 0. The number of aryl methyl sites for hydroxylation is 3. The van der Waals surface area contributed by atoms with Crippen molar-refractivity contribution in [1.29, 1.82) is 0 Å². The van der Waals surface area contributed by atoms with E-state index >= 15 is 0 Å². The van der Waals surface area contributed by atoms with Gasteiger partial charge >= 0.3 is 0 Å². The maximum Gasteiger partial charge on any atom is 0.138 e. The Labute approximate surface area is 126 Å². The molecule has 2 aromatic carbocycles. The van der Waals surface area contributed by atoms with E-state index in [1.807, 2.05) is 0 Å². The molecule has 100 valence electrons. The molecule has 0 bridgehead atoms. The molecule has 1 aliphatic carbocycles. The van der Waals surface area contributed by atoms with Crippen molar-refractivity contribution in [2.75, 3.05) is 0 Å². The lowest BCUT2D eigenvalue weighted by Gasteiger charge is -2.01. The molecule has 0 radical (unpaired) electrons. The third-order valence-corrected chi connectivity index (χ3v) is 4.57. The standard InChI is InChI=1S/C17H15BrN2/c1-10-7-14(18)9-15-16(10)20-17(19-15)13-6-5-11-3-2-4-12(11)8-13/h5-9H,2-4H2,1H3,(H,19,20). The molecule has 0 amide bonds. The van der Waals surface area contributed by atoms with Gasteiger partial charge in [-0.25, -0.2) is 4.98 Å². The molecule has 1 heterocycles. The summed E-state index contributed by atoms with van der Waals surface area (Å²) in [4.78, 5) is 8.22. The van der Waals surface area contributed by atoms with E-state index in [4.69, 9.17) is 4.98 Å². The quantitative estimate of drug-likeness (QED) is 0.684. The highest BCUT2D eigenvalue weighted by molar-refractivity contribution is 9.10. The molecule has 0 atom stereocenters. The lowest BCUT2D eigenvalue weighted by atomic mass is 10.1. The predicted molar refractivity (Wildman–Crippen MR) is 86.0 cm³/mol. The van der Waals surface area contributed by atoms with Crippen molar-refractivity contribution in [2.45, 2.75) is 26.2 Å². The van der Waals surface area contributed by atoms with Gasteiger partial charge in [0.25, 0.3) is 0 Å². The van der Waals surface area contributed by atoms with Gasteiger partial charge < -0.3 is 4.98 Å². The number of rotatable bonds is 1. The minimum absolute atomic E-state index is 0.968. The minimum Gasteiger partial charge on any atom is -0.338 e. The predicted octanol–water partition coefficient (Wildman–Crippen LogP) is 4.79. The number of hydrogen-bond donors (Lipinski definition) is 1. The average Bonchev–Trinajstić information content (AvgIpc) is 3.03. The van der Waals surface area contributed by atoms with Crippen LogP contribution in [0.5, 0.6) is 0 Å². The van der Waals surface area contributed by atoms with E-state index in [2.05, 4.69) is 58.2 Å². The van der Waals surface area contributed by atoms with Gasteiger partial charge in [0.1, 0.15) is 5.82 Å². The molecule has 0 unspecified atom stereocenters. The van der Waals surface area contributed by atoms with E-state index in [9.17, 15) is 0 Å². The number of H-pyrrole nitrogens is 1. The zero-order valence-electron chi connectivity index (χ0n) is 11.3. The average molecular weight is 327 g/mol. The summed E-state index contributed by atoms with van der Waals surface area (Å²) in [5, 5.41) is 0. The van der Waals surface area contributed by atoms with Crippen molar-refractivity contribution in [1.82, 2.24) is 9.97 Å². The minimum atomic E-state index is 0.968. The van der Waals surface area contributed by atoms with Crippen molar-refractivity contribution >= 4 is 27.0 Å². The highest BCUT2D eigenvalue weighted by Gasteiger charge is 2.13. The van der Waals surface area contributed by atoms with Gasteiger partial charge in [0.15, 0.2) is 0 Å². The Bertz CT molecular complexity index is 817. The lowest BCUT2D eigenvalue weighted by Crippen LogP contribution is -1.86. The first kappa shape index (κ1) is 12.2. The van der Waals surface area contributed by atoms with E-state index in [0.717, 1.165) is 21.3 Å². The first-order valence-electron chi connectivity index (χ1n) is 6.99. The fourth-order valence-electron chi connectivity index (χ4n) is 3.10. The van der Waals surface area contributed by atoms with Crippen LogP contribution >= 0.6 is 15.9 Å². The molecule has 3 aromatic rings. The fourth-order valence-corrected chi connectivity index (χ4v) is 3.67. The number of nitrogens with one attached hydrogen (secondary N) is 1. The molecule has 4 rings (SSSR count). The number of hydrogen-bond acceptors (Lipinski definition) is 1.